The molecule has 0 amide bonds. The maximum Gasteiger partial charge on any atom is 0.192 e. The molecule has 0 unspecified atom stereocenters. The van der Waals surface area contributed by atoms with E-state index < -0.39 is 0 Å². The van der Waals surface area contributed by atoms with Gasteiger partial charge in [-0.3, -0.25) is 4.79 Å². The van der Waals surface area contributed by atoms with Crippen LogP contribution >= 0.6 is 0 Å². The Balaban J connectivity index is 1.79. The molecule has 130 valence electrons. The number of unbranched alkanes of at least 4 members (excludes halogenated alkanes) is 4. The van der Waals surface area contributed by atoms with E-state index >= 15 is 0 Å². The summed E-state index contributed by atoms with van der Waals surface area (Å²) in [6.07, 6.45) is 8.12. The minimum atomic E-state index is 0.204. The van der Waals surface area contributed by atoms with Gasteiger partial charge in [-0.15, -0.1) is 0 Å². The summed E-state index contributed by atoms with van der Waals surface area (Å²) in [7, 11) is 0. The third-order valence-corrected chi connectivity index (χ3v) is 4.81. The maximum atomic E-state index is 12.8. The Hall–Kier alpha value is -2.35. The van der Waals surface area contributed by atoms with E-state index in [1.54, 1.807) is 0 Å². The number of anilines is 1. The van der Waals surface area contributed by atoms with Crippen LogP contribution in [0.5, 0.6) is 0 Å². The van der Waals surface area contributed by atoms with Gasteiger partial charge >= 0.3 is 0 Å². The third-order valence-electron chi connectivity index (χ3n) is 4.81. The lowest BCUT2D eigenvalue weighted by Crippen LogP contribution is -2.33. The molecule has 2 aromatic rings. The Bertz CT molecular complexity index is 733. The summed E-state index contributed by atoms with van der Waals surface area (Å²) in [6, 6.07) is 18.5. The van der Waals surface area contributed by atoms with Crippen LogP contribution in [0.3, 0.4) is 0 Å². The number of ketones is 1. The first-order chi connectivity index (χ1) is 12.3. The quantitative estimate of drug-likeness (QED) is 0.472. The molecule has 0 fully saturated rings. The average Bonchev–Trinajstić information content (AvgIpc) is 2.66. The van der Waals surface area contributed by atoms with Gasteiger partial charge in [0, 0.05) is 29.9 Å². The molecule has 0 radical (unpaired) electrons. The van der Waals surface area contributed by atoms with E-state index in [4.69, 9.17) is 0 Å². The zero-order valence-electron chi connectivity index (χ0n) is 15.1. The normalized spacial score (nSPS) is 15.5. The number of nitrogens with zero attached hydrogens (tertiary/aromatic N) is 1. The summed E-state index contributed by atoms with van der Waals surface area (Å²) in [5, 5.41) is 0. The van der Waals surface area contributed by atoms with Crippen LogP contribution in [0.15, 0.2) is 66.2 Å². The van der Waals surface area contributed by atoms with Crippen LogP contribution in [-0.4, -0.2) is 12.3 Å². The van der Waals surface area contributed by atoms with Crippen molar-refractivity contribution in [1.29, 1.82) is 0 Å². The molecule has 0 saturated heterocycles. The molecule has 0 saturated carbocycles. The fraction of sp³-hybridized carbons (Fsp3) is 0.348. The maximum absolute atomic E-state index is 12.8. The smallest absolute Gasteiger partial charge is 0.192 e. The number of hydrogen-bond donors (Lipinski definition) is 0. The van der Waals surface area contributed by atoms with Gasteiger partial charge in [-0.2, -0.15) is 0 Å². The lowest BCUT2D eigenvalue weighted by Gasteiger charge is -2.32. The summed E-state index contributed by atoms with van der Waals surface area (Å²) in [5.74, 6) is 0.204. The van der Waals surface area contributed by atoms with Crippen LogP contribution in [0.2, 0.25) is 0 Å². The highest BCUT2D eigenvalue weighted by atomic mass is 16.1. The highest BCUT2D eigenvalue weighted by Crippen LogP contribution is 2.31. The van der Waals surface area contributed by atoms with Gasteiger partial charge in [-0.05, 0) is 30.5 Å². The second-order valence-corrected chi connectivity index (χ2v) is 6.77. The predicted molar refractivity (Wildman–Crippen MR) is 105 cm³/mol. The first kappa shape index (κ1) is 17.5. The van der Waals surface area contributed by atoms with Gasteiger partial charge in [-0.25, -0.2) is 0 Å². The molecule has 1 aliphatic heterocycles. The lowest BCUT2D eigenvalue weighted by molar-refractivity contribution is 0.102. The van der Waals surface area contributed by atoms with Gasteiger partial charge in [-0.1, -0.05) is 74.7 Å². The van der Waals surface area contributed by atoms with Gasteiger partial charge in [0.25, 0.3) is 0 Å². The van der Waals surface area contributed by atoms with E-state index in [2.05, 4.69) is 48.2 Å². The molecule has 2 aromatic carbocycles. The van der Waals surface area contributed by atoms with Crippen LogP contribution in [0.25, 0.3) is 0 Å². The molecule has 0 aromatic heterocycles. The van der Waals surface area contributed by atoms with Crippen LogP contribution in [0.4, 0.5) is 5.69 Å². The molecule has 25 heavy (non-hydrogen) atoms. The highest BCUT2D eigenvalue weighted by molar-refractivity contribution is 6.14. The van der Waals surface area contributed by atoms with Crippen molar-refractivity contribution in [2.45, 2.75) is 45.6 Å². The van der Waals surface area contributed by atoms with Gasteiger partial charge in [0.2, 0.25) is 0 Å². The third kappa shape index (κ3) is 4.39. The molecule has 1 aliphatic rings. The number of benzene rings is 2. The molecule has 0 bridgehead atoms. The standard InChI is InChI=1S/C23H27NO/c1-2-3-4-5-9-14-20-18-24(17-19-12-7-6-8-13-19)22-16-11-10-15-21(22)23(20)25/h6-8,10-16H,2-5,9,17-18H2,1H3/b20-14+. The number of rotatable bonds is 7. The Morgan fingerprint density at radius 2 is 1.72 bits per heavy atom. The molecule has 3 rings (SSSR count). The van der Waals surface area contributed by atoms with E-state index in [-0.39, 0.29) is 5.78 Å². The van der Waals surface area contributed by atoms with Crippen molar-refractivity contribution < 1.29 is 4.79 Å². The number of carbonyl (C=O) groups is 1. The molecular formula is C23H27NO. The molecule has 0 N–H and O–H groups in total. The number of Topliss-reactive ketones (excluding diaryl/α,β-unsaturated/α-hetero) is 1. The topological polar surface area (TPSA) is 20.3 Å². The molecule has 2 nitrogen and oxygen atoms in total. The van der Waals surface area contributed by atoms with E-state index in [9.17, 15) is 4.79 Å². The second kappa shape index (κ2) is 8.66. The van der Waals surface area contributed by atoms with Crippen LogP contribution in [0.1, 0.15) is 54.9 Å². The predicted octanol–water partition coefficient (Wildman–Crippen LogP) is 5.79. The van der Waals surface area contributed by atoms with E-state index in [0.29, 0.717) is 6.54 Å². The minimum Gasteiger partial charge on any atom is -0.362 e. The Labute approximate surface area is 151 Å². The summed E-state index contributed by atoms with van der Waals surface area (Å²) in [4.78, 5) is 15.2. The lowest BCUT2D eigenvalue weighted by atomic mass is 9.94. The summed E-state index contributed by atoms with van der Waals surface area (Å²) >= 11 is 0. The van der Waals surface area contributed by atoms with E-state index in [1.807, 2.05) is 24.3 Å². The summed E-state index contributed by atoms with van der Waals surface area (Å²) in [5.41, 5.74) is 4.11. The molecule has 0 spiro atoms. The highest BCUT2D eigenvalue weighted by Gasteiger charge is 2.26. The van der Waals surface area contributed by atoms with Crippen molar-refractivity contribution in [2.24, 2.45) is 0 Å². The molecular weight excluding hydrogens is 306 g/mol. The SMILES string of the molecule is CCCCCC/C=C1\CN(Cc2ccccc2)c2ccccc2C1=O. The number of allylic oxidation sites excluding steroid dienone is 1. The first-order valence-corrected chi connectivity index (χ1v) is 9.41. The fourth-order valence-corrected chi connectivity index (χ4v) is 3.43. The number of fused-ring (bicyclic) bond motifs is 1. The Kier molecular flexibility index (Phi) is 6.05. The number of hydrogen-bond acceptors (Lipinski definition) is 2. The van der Waals surface area contributed by atoms with Crippen molar-refractivity contribution in [2.75, 3.05) is 11.4 Å². The zero-order valence-corrected chi connectivity index (χ0v) is 15.1. The molecule has 0 aliphatic carbocycles. The van der Waals surface area contributed by atoms with Gasteiger partial charge in [0.05, 0.1) is 0 Å². The number of para-hydroxylation sites is 1. The van der Waals surface area contributed by atoms with Crippen LogP contribution < -0.4 is 4.90 Å². The second-order valence-electron chi connectivity index (χ2n) is 6.77. The van der Waals surface area contributed by atoms with Gasteiger partial charge in [0.1, 0.15) is 0 Å². The van der Waals surface area contributed by atoms with Crippen molar-refractivity contribution in [3.05, 3.63) is 77.4 Å². The first-order valence-electron chi connectivity index (χ1n) is 9.41. The van der Waals surface area contributed by atoms with Crippen molar-refractivity contribution in [3.8, 4) is 0 Å². The molecule has 1 heterocycles. The monoisotopic (exact) mass is 333 g/mol. The van der Waals surface area contributed by atoms with Crippen LogP contribution in [-0.2, 0) is 6.54 Å². The fourth-order valence-electron chi connectivity index (χ4n) is 3.43. The van der Waals surface area contributed by atoms with Crippen molar-refractivity contribution in [1.82, 2.24) is 0 Å². The summed E-state index contributed by atoms with van der Waals surface area (Å²) < 4.78 is 0. The zero-order chi connectivity index (χ0) is 17.5. The molecule has 0 atom stereocenters. The Morgan fingerprint density at radius 1 is 0.960 bits per heavy atom. The van der Waals surface area contributed by atoms with Crippen molar-refractivity contribution in [3.63, 3.8) is 0 Å². The largest absolute Gasteiger partial charge is 0.362 e. The van der Waals surface area contributed by atoms with E-state index in [0.717, 1.165) is 29.8 Å². The van der Waals surface area contributed by atoms with Gasteiger partial charge in [0.15, 0.2) is 5.78 Å². The summed E-state index contributed by atoms with van der Waals surface area (Å²) in [6.45, 7) is 3.76. The Morgan fingerprint density at radius 3 is 2.52 bits per heavy atom. The average molecular weight is 333 g/mol. The minimum absolute atomic E-state index is 0.204. The van der Waals surface area contributed by atoms with Crippen molar-refractivity contribution >= 4 is 11.5 Å². The molecule has 2 heteroatoms. The van der Waals surface area contributed by atoms with Crippen LogP contribution in [0, 0.1) is 0 Å². The van der Waals surface area contributed by atoms with E-state index in [1.165, 1.54) is 31.2 Å². The number of carbonyl (C=O) groups excluding carboxylic acids is 1. The van der Waals surface area contributed by atoms with Gasteiger partial charge < -0.3 is 4.90 Å².